The molecule has 3 heterocycles. The molecule has 0 saturated carbocycles. The number of thioether (sulfide) groups is 1. The molecule has 4 rings (SSSR count). The molecule has 30 heavy (non-hydrogen) atoms. The van der Waals surface area contributed by atoms with Crippen molar-refractivity contribution >= 4 is 39.8 Å². The zero-order valence-corrected chi connectivity index (χ0v) is 17.9. The van der Waals surface area contributed by atoms with E-state index < -0.39 is 0 Å². The first-order valence-electron chi connectivity index (χ1n) is 9.25. The van der Waals surface area contributed by atoms with Gasteiger partial charge in [0.25, 0.3) is 0 Å². The van der Waals surface area contributed by atoms with Gasteiger partial charge >= 0.3 is 0 Å². The van der Waals surface area contributed by atoms with E-state index in [0.29, 0.717) is 29.0 Å². The van der Waals surface area contributed by atoms with E-state index in [0.717, 1.165) is 22.1 Å². The number of carbonyl (C=O) groups is 1. The molecule has 0 saturated heterocycles. The molecule has 0 bridgehead atoms. The van der Waals surface area contributed by atoms with Crippen molar-refractivity contribution in [2.45, 2.75) is 30.8 Å². The zero-order chi connectivity index (χ0) is 20.9. The number of primary amides is 1. The normalized spacial score (nSPS) is 11.0. The van der Waals surface area contributed by atoms with E-state index in [-0.39, 0.29) is 12.3 Å². The number of nitrogens with two attached hydrogens (primary N) is 1. The molecule has 0 unspecified atom stereocenters. The minimum atomic E-state index is -0.378. The molecule has 0 spiro atoms. The van der Waals surface area contributed by atoms with Crippen molar-refractivity contribution in [1.29, 1.82) is 0 Å². The van der Waals surface area contributed by atoms with Crippen molar-refractivity contribution in [3.05, 3.63) is 59.3 Å². The highest BCUT2D eigenvalue weighted by molar-refractivity contribution is 7.98. The van der Waals surface area contributed by atoms with Crippen molar-refractivity contribution < 1.29 is 9.21 Å². The third-order valence-electron chi connectivity index (χ3n) is 4.33. The number of aromatic nitrogens is 4. The van der Waals surface area contributed by atoms with Crippen molar-refractivity contribution in [1.82, 2.24) is 19.7 Å². The first-order valence-corrected chi connectivity index (χ1v) is 11.1. The fourth-order valence-corrected chi connectivity index (χ4v) is 4.49. The predicted octanol–water partition coefficient (Wildman–Crippen LogP) is 4.21. The highest BCUT2D eigenvalue weighted by Crippen LogP contribution is 2.29. The quantitative estimate of drug-likeness (QED) is 0.375. The molecule has 0 fully saturated rings. The van der Waals surface area contributed by atoms with E-state index in [1.165, 1.54) is 11.8 Å². The van der Waals surface area contributed by atoms with Gasteiger partial charge in [-0.3, -0.25) is 9.36 Å². The largest absolute Gasteiger partial charge is 0.461 e. The Morgan fingerprint density at radius 2 is 2.13 bits per heavy atom. The summed E-state index contributed by atoms with van der Waals surface area (Å²) in [6.07, 6.45) is 1.77. The SMILES string of the molecule is Cc1ccccc1Nc1nc(CSc2nnc(-c3ccco3)n2CCC(N)=O)cs1. The summed E-state index contributed by atoms with van der Waals surface area (Å²) in [5.74, 6) is 1.41. The number of para-hydroxylation sites is 1. The number of furan rings is 1. The first-order chi connectivity index (χ1) is 14.6. The number of benzene rings is 1. The topological polar surface area (TPSA) is 112 Å². The molecular weight excluding hydrogens is 420 g/mol. The van der Waals surface area contributed by atoms with Crippen LogP contribution in [0.3, 0.4) is 0 Å². The fourth-order valence-electron chi connectivity index (χ4n) is 2.80. The van der Waals surface area contributed by atoms with Gasteiger partial charge in [-0.2, -0.15) is 0 Å². The predicted molar refractivity (Wildman–Crippen MR) is 118 cm³/mol. The summed E-state index contributed by atoms with van der Waals surface area (Å²) in [7, 11) is 0. The molecule has 8 nitrogen and oxygen atoms in total. The second-order valence-electron chi connectivity index (χ2n) is 6.52. The van der Waals surface area contributed by atoms with E-state index in [1.807, 2.05) is 34.2 Å². The summed E-state index contributed by atoms with van der Waals surface area (Å²) in [5, 5.41) is 15.4. The molecule has 10 heteroatoms. The van der Waals surface area contributed by atoms with E-state index in [1.54, 1.807) is 23.7 Å². The summed E-state index contributed by atoms with van der Waals surface area (Å²) in [5.41, 5.74) is 8.47. The third-order valence-corrected chi connectivity index (χ3v) is 6.13. The van der Waals surface area contributed by atoms with Crippen LogP contribution in [0.1, 0.15) is 17.7 Å². The molecule has 4 aromatic rings. The summed E-state index contributed by atoms with van der Waals surface area (Å²) in [4.78, 5) is 15.9. The van der Waals surface area contributed by atoms with Crippen LogP contribution in [-0.4, -0.2) is 25.7 Å². The minimum absolute atomic E-state index is 0.195. The summed E-state index contributed by atoms with van der Waals surface area (Å²) in [6.45, 7) is 2.44. The summed E-state index contributed by atoms with van der Waals surface area (Å²) < 4.78 is 7.30. The number of nitrogens with zero attached hydrogens (tertiary/aromatic N) is 4. The molecule has 0 radical (unpaired) electrons. The van der Waals surface area contributed by atoms with Crippen LogP contribution in [-0.2, 0) is 17.1 Å². The van der Waals surface area contributed by atoms with Gasteiger partial charge in [0.15, 0.2) is 21.9 Å². The van der Waals surface area contributed by atoms with Crippen molar-refractivity contribution in [2.75, 3.05) is 5.32 Å². The van der Waals surface area contributed by atoms with Gasteiger partial charge < -0.3 is 15.5 Å². The number of carbonyl (C=O) groups excluding carboxylic acids is 1. The lowest BCUT2D eigenvalue weighted by Gasteiger charge is -2.07. The molecular formula is C20H20N6O2S2. The highest BCUT2D eigenvalue weighted by Gasteiger charge is 2.17. The molecule has 1 amide bonds. The zero-order valence-electron chi connectivity index (χ0n) is 16.2. The Kier molecular flexibility index (Phi) is 6.15. The number of hydrogen-bond donors (Lipinski definition) is 2. The average molecular weight is 441 g/mol. The van der Waals surface area contributed by atoms with Crippen LogP contribution >= 0.6 is 23.1 Å². The van der Waals surface area contributed by atoms with Crippen LogP contribution in [0.5, 0.6) is 0 Å². The maximum atomic E-state index is 11.3. The number of aryl methyl sites for hydroxylation is 1. The standard InChI is InChI=1S/C20H20N6O2S2/c1-13-5-2-3-6-15(13)23-19-22-14(11-29-19)12-30-20-25-24-18(16-7-4-10-28-16)26(20)9-8-17(21)27/h2-7,10-11H,8-9,12H2,1H3,(H2,21,27)(H,22,23). The Hall–Kier alpha value is -3.11. The molecule has 1 aromatic carbocycles. The maximum Gasteiger partial charge on any atom is 0.219 e. The monoisotopic (exact) mass is 440 g/mol. The van der Waals surface area contributed by atoms with E-state index in [4.69, 9.17) is 10.2 Å². The van der Waals surface area contributed by atoms with Crippen molar-refractivity contribution in [2.24, 2.45) is 5.73 Å². The van der Waals surface area contributed by atoms with Crippen LogP contribution in [0.15, 0.2) is 57.6 Å². The number of anilines is 2. The molecule has 3 N–H and O–H groups in total. The fraction of sp³-hybridized carbons (Fsp3) is 0.200. The van der Waals surface area contributed by atoms with E-state index in [9.17, 15) is 4.79 Å². The van der Waals surface area contributed by atoms with Crippen LogP contribution in [0.2, 0.25) is 0 Å². The highest BCUT2D eigenvalue weighted by atomic mass is 32.2. The molecule has 0 aliphatic carbocycles. The Labute approximate surface area is 181 Å². The van der Waals surface area contributed by atoms with Gasteiger partial charge in [-0.15, -0.1) is 21.5 Å². The minimum Gasteiger partial charge on any atom is -0.461 e. The van der Waals surface area contributed by atoms with Crippen molar-refractivity contribution in [3.8, 4) is 11.6 Å². The second-order valence-corrected chi connectivity index (χ2v) is 8.32. The number of thiazole rings is 1. The first kappa shape index (κ1) is 20.2. The molecule has 0 aliphatic rings. The molecule has 0 aliphatic heterocycles. The lowest BCUT2D eigenvalue weighted by molar-refractivity contribution is -0.118. The number of nitrogens with one attached hydrogen (secondary N) is 1. The van der Waals surface area contributed by atoms with Gasteiger partial charge in [-0.25, -0.2) is 4.98 Å². The Morgan fingerprint density at radius 1 is 1.27 bits per heavy atom. The molecule has 3 aromatic heterocycles. The second kappa shape index (κ2) is 9.14. The smallest absolute Gasteiger partial charge is 0.219 e. The van der Waals surface area contributed by atoms with Crippen LogP contribution in [0.25, 0.3) is 11.6 Å². The van der Waals surface area contributed by atoms with Gasteiger partial charge in [-0.05, 0) is 30.7 Å². The third kappa shape index (κ3) is 4.71. The number of rotatable bonds is 9. The van der Waals surface area contributed by atoms with Crippen LogP contribution in [0.4, 0.5) is 10.8 Å². The lowest BCUT2D eigenvalue weighted by atomic mass is 10.2. The van der Waals surface area contributed by atoms with Crippen molar-refractivity contribution in [3.63, 3.8) is 0 Å². The number of amides is 1. The molecule has 0 atom stereocenters. The van der Waals surface area contributed by atoms with Gasteiger partial charge in [0, 0.05) is 29.8 Å². The average Bonchev–Trinajstić information content (AvgIpc) is 3.47. The Morgan fingerprint density at radius 3 is 2.90 bits per heavy atom. The Bertz CT molecular complexity index is 1140. The van der Waals surface area contributed by atoms with Gasteiger partial charge in [0.1, 0.15) is 0 Å². The van der Waals surface area contributed by atoms with E-state index in [2.05, 4.69) is 33.5 Å². The van der Waals surface area contributed by atoms with Gasteiger partial charge in [-0.1, -0.05) is 30.0 Å². The van der Waals surface area contributed by atoms with Gasteiger partial charge in [0.2, 0.25) is 5.91 Å². The summed E-state index contributed by atoms with van der Waals surface area (Å²) in [6, 6.07) is 11.7. The summed E-state index contributed by atoms with van der Waals surface area (Å²) >= 11 is 3.06. The van der Waals surface area contributed by atoms with E-state index >= 15 is 0 Å². The van der Waals surface area contributed by atoms with Gasteiger partial charge in [0.05, 0.1) is 12.0 Å². The van der Waals surface area contributed by atoms with Crippen LogP contribution in [0, 0.1) is 6.92 Å². The van der Waals surface area contributed by atoms with Crippen LogP contribution < -0.4 is 11.1 Å². The molecule has 154 valence electrons. The maximum absolute atomic E-state index is 11.3. The number of hydrogen-bond acceptors (Lipinski definition) is 8. The lowest BCUT2D eigenvalue weighted by Crippen LogP contribution is -2.15. The Balaban J connectivity index is 1.46.